The van der Waals surface area contributed by atoms with E-state index in [1.165, 1.54) is 12.1 Å². The van der Waals surface area contributed by atoms with E-state index in [-0.39, 0.29) is 5.56 Å². The van der Waals surface area contributed by atoms with Gasteiger partial charge in [0.05, 0.1) is 30.4 Å². The first-order valence-corrected chi connectivity index (χ1v) is 7.00. The molecule has 5 nitrogen and oxygen atoms in total. The maximum atomic E-state index is 10.8. The van der Waals surface area contributed by atoms with Gasteiger partial charge in [0.1, 0.15) is 5.75 Å². The first-order chi connectivity index (χ1) is 9.66. The number of ether oxygens (including phenoxy) is 2. The van der Waals surface area contributed by atoms with Gasteiger partial charge < -0.3 is 14.6 Å². The molecule has 1 fully saturated rings. The van der Waals surface area contributed by atoms with Crippen LogP contribution in [0.5, 0.6) is 5.75 Å². The molecule has 0 atom stereocenters. The van der Waals surface area contributed by atoms with Gasteiger partial charge in [-0.05, 0) is 24.6 Å². The summed E-state index contributed by atoms with van der Waals surface area (Å²) in [5, 5.41) is 9.17. The Balaban J connectivity index is 1.74. The van der Waals surface area contributed by atoms with Crippen LogP contribution < -0.4 is 4.74 Å². The number of halogens is 1. The molecule has 110 valence electrons. The summed E-state index contributed by atoms with van der Waals surface area (Å²) in [7, 11) is 0. The summed E-state index contributed by atoms with van der Waals surface area (Å²) in [5.74, 6) is -0.468. The minimum Gasteiger partial charge on any atom is -0.492 e. The lowest BCUT2D eigenvalue weighted by molar-refractivity contribution is 0.0358. The Morgan fingerprint density at radius 2 is 2.15 bits per heavy atom. The second-order valence-corrected chi connectivity index (χ2v) is 5.01. The Morgan fingerprint density at radius 3 is 2.80 bits per heavy atom. The van der Waals surface area contributed by atoms with E-state index in [1.54, 1.807) is 6.07 Å². The second kappa shape index (κ2) is 7.47. The molecule has 2 rings (SSSR count). The highest BCUT2D eigenvalue weighted by Crippen LogP contribution is 2.25. The third kappa shape index (κ3) is 4.37. The minimum atomic E-state index is -0.995. The molecule has 0 bridgehead atoms. The number of hydrogen-bond acceptors (Lipinski definition) is 4. The highest BCUT2D eigenvalue weighted by atomic mass is 35.5. The minimum absolute atomic E-state index is 0.163. The van der Waals surface area contributed by atoms with Crippen LogP contribution in [-0.2, 0) is 4.74 Å². The molecule has 1 aliphatic heterocycles. The van der Waals surface area contributed by atoms with Crippen molar-refractivity contribution in [3.05, 3.63) is 28.8 Å². The van der Waals surface area contributed by atoms with Crippen molar-refractivity contribution in [2.24, 2.45) is 0 Å². The molecule has 0 spiro atoms. The Labute approximate surface area is 123 Å². The summed E-state index contributed by atoms with van der Waals surface area (Å²) >= 11 is 5.99. The lowest BCUT2D eigenvalue weighted by Gasteiger charge is -2.26. The highest BCUT2D eigenvalue weighted by molar-refractivity contribution is 6.32. The van der Waals surface area contributed by atoms with Crippen molar-refractivity contribution < 1.29 is 19.4 Å². The number of carboxylic acids is 1. The van der Waals surface area contributed by atoms with Crippen LogP contribution in [0.15, 0.2) is 18.2 Å². The molecule has 1 aromatic carbocycles. The van der Waals surface area contributed by atoms with E-state index >= 15 is 0 Å². The van der Waals surface area contributed by atoms with Gasteiger partial charge in [-0.15, -0.1) is 0 Å². The molecule has 1 aromatic rings. The predicted molar refractivity (Wildman–Crippen MR) is 75.8 cm³/mol. The highest BCUT2D eigenvalue weighted by Gasteiger charge is 2.10. The molecule has 0 amide bonds. The number of nitrogens with zero attached hydrogens (tertiary/aromatic N) is 1. The summed E-state index contributed by atoms with van der Waals surface area (Å²) in [6.07, 6.45) is 0.900. The third-order valence-corrected chi connectivity index (χ3v) is 3.45. The fourth-order valence-corrected chi connectivity index (χ4v) is 2.28. The lowest BCUT2D eigenvalue weighted by atomic mass is 10.2. The van der Waals surface area contributed by atoms with Gasteiger partial charge in [0.25, 0.3) is 0 Å². The molecule has 1 aliphatic rings. The molecular weight excluding hydrogens is 282 g/mol. The van der Waals surface area contributed by atoms with Crippen LogP contribution in [0.2, 0.25) is 5.02 Å². The van der Waals surface area contributed by atoms with Gasteiger partial charge in [-0.2, -0.15) is 0 Å². The average Bonchev–Trinajstić information content (AvgIpc) is 2.46. The maximum Gasteiger partial charge on any atom is 0.335 e. The van der Waals surface area contributed by atoms with Crippen LogP contribution in [0.25, 0.3) is 0 Å². The first-order valence-electron chi connectivity index (χ1n) is 6.62. The quantitative estimate of drug-likeness (QED) is 0.816. The third-order valence-electron chi connectivity index (χ3n) is 3.16. The summed E-state index contributed by atoms with van der Waals surface area (Å²) < 4.78 is 10.9. The van der Waals surface area contributed by atoms with Crippen molar-refractivity contribution in [2.45, 2.75) is 6.42 Å². The largest absolute Gasteiger partial charge is 0.492 e. The van der Waals surface area contributed by atoms with Gasteiger partial charge in [0.2, 0.25) is 0 Å². The molecule has 20 heavy (non-hydrogen) atoms. The molecule has 0 aromatic heterocycles. The molecule has 0 radical (unpaired) electrons. The van der Waals surface area contributed by atoms with Gasteiger partial charge in [0.15, 0.2) is 0 Å². The van der Waals surface area contributed by atoms with Crippen molar-refractivity contribution in [3.8, 4) is 5.75 Å². The standard InChI is InChI=1S/C14H18ClNO4/c15-12-10-11(14(17)18)2-3-13(12)20-7-1-4-16-5-8-19-9-6-16/h2-3,10H,1,4-9H2,(H,17,18). The van der Waals surface area contributed by atoms with E-state index in [9.17, 15) is 4.79 Å². The molecule has 6 heteroatoms. The zero-order valence-corrected chi connectivity index (χ0v) is 11.9. The fraction of sp³-hybridized carbons (Fsp3) is 0.500. The van der Waals surface area contributed by atoms with Crippen molar-refractivity contribution >= 4 is 17.6 Å². The van der Waals surface area contributed by atoms with E-state index < -0.39 is 5.97 Å². The molecule has 1 heterocycles. The molecular formula is C14H18ClNO4. The monoisotopic (exact) mass is 299 g/mol. The van der Waals surface area contributed by atoms with Crippen molar-refractivity contribution in [3.63, 3.8) is 0 Å². The van der Waals surface area contributed by atoms with Gasteiger partial charge >= 0.3 is 5.97 Å². The first kappa shape index (κ1) is 15.1. The topological polar surface area (TPSA) is 59.0 Å². The molecule has 1 N–H and O–H groups in total. The number of morpholine rings is 1. The van der Waals surface area contributed by atoms with Crippen LogP contribution >= 0.6 is 11.6 Å². The van der Waals surface area contributed by atoms with Crippen molar-refractivity contribution in [1.82, 2.24) is 4.90 Å². The van der Waals surface area contributed by atoms with Gasteiger partial charge in [-0.3, -0.25) is 4.90 Å². The molecule has 0 saturated carbocycles. The van der Waals surface area contributed by atoms with Crippen LogP contribution in [-0.4, -0.2) is 55.4 Å². The fourth-order valence-electron chi connectivity index (χ4n) is 2.05. The number of hydrogen-bond donors (Lipinski definition) is 1. The predicted octanol–water partition coefficient (Wildman–Crippen LogP) is 2.14. The normalized spacial score (nSPS) is 16.1. The Bertz CT molecular complexity index is 460. The lowest BCUT2D eigenvalue weighted by Crippen LogP contribution is -2.37. The maximum absolute atomic E-state index is 10.8. The molecule has 0 aliphatic carbocycles. The zero-order chi connectivity index (χ0) is 14.4. The van der Waals surface area contributed by atoms with Crippen molar-refractivity contribution in [2.75, 3.05) is 39.5 Å². The number of carbonyl (C=O) groups is 1. The second-order valence-electron chi connectivity index (χ2n) is 4.61. The van der Waals surface area contributed by atoms with Gasteiger partial charge in [0, 0.05) is 19.6 Å². The Morgan fingerprint density at radius 1 is 1.40 bits per heavy atom. The number of rotatable bonds is 6. The van der Waals surface area contributed by atoms with Crippen molar-refractivity contribution in [1.29, 1.82) is 0 Å². The summed E-state index contributed by atoms with van der Waals surface area (Å²) in [4.78, 5) is 13.1. The molecule has 0 unspecified atom stereocenters. The van der Waals surface area contributed by atoms with Gasteiger partial charge in [-0.1, -0.05) is 11.6 Å². The van der Waals surface area contributed by atoms with Crippen LogP contribution in [0.4, 0.5) is 0 Å². The van der Waals surface area contributed by atoms with E-state index in [4.69, 9.17) is 26.2 Å². The number of benzene rings is 1. The average molecular weight is 300 g/mol. The van der Waals surface area contributed by atoms with Gasteiger partial charge in [-0.25, -0.2) is 4.79 Å². The van der Waals surface area contributed by atoms with E-state index in [1.807, 2.05) is 0 Å². The summed E-state index contributed by atoms with van der Waals surface area (Å²) in [6, 6.07) is 4.49. The van der Waals surface area contributed by atoms with Crippen LogP contribution in [0, 0.1) is 0 Å². The van der Waals surface area contributed by atoms with Crippen LogP contribution in [0.3, 0.4) is 0 Å². The van der Waals surface area contributed by atoms with E-state index in [0.717, 1.165) is 39.3 Å². The van der Waals surface area contributed by atoms with E-state index in [0.29, 0.717) is 17.4 Å². The number of carboxylic acid groups (broad SMARTS) is 1. The Hall–Kier alpha value is -1.30. The summed E-state index contributed by atoms with van der Waals surface area (Å²) in [5.41, 5.74) is 0.163. The number of aromatic carboxylic acids is 1. The van der Waals surface area contributed by atoms with Crippen LogP contribution in [0.1, 0.15) is 16.8 Å². The zero-order valence-electron chi connectivity index (χ0n) is 11.2. The Kier molecular flexibility index (Phi) is 5.64. The van der Waals surface area contributed by atoms with E-state index in [2.05, 4.69) is 4.90 Å². The smallest absolute Gasteiger partial charge is 0.335 e. The SMILES string of the molecule is O=C(O)c1ccc(OCCCN2CCOCC2)c(Cl)c1. The summed E-state index contributed by atoms with van der Waals surface area (Å²) in [6.45, 7) is 5.05. The molecule has 1 saturated heterocycles.